The number of benzene rings is 3. The largest absolute Gasteiger partial charge is 0.493 e. The van der Waals surface area contributed by atoms with Gasteiger partial charge in [0.1, 0.15) is 0 Å². The first-order chi connectivity index (χ1) is 16.8. The maximum absolute atomic E-state index is 13.3. The number of amides is 1. The van der Waals surface area contributed by atoms with Gasteiger partial charge in [0, 0.05) is 29.4 Å². The predicted octanol–water partition coefficient (Wildman–Crippen LogP) is 4.61. The van der Waals surface area contributed by atoms with Crippen LogP contribution >= 0.6 is 11.8 Å². The normalized spacial score (nSPS) is 10.9. The van der Waals surface area contributed by atoms with Gasteiger partial charge in [-0.25, -0.2) is 4.79 Å². The van der Waals surface area contributed by atoms with Gasteiger partial charge in [-0.1, -0.05) is 29.5 Å². The van der Waals surface area contributed by atoms with Gasteiger partial charge in [-0.3, -0.25) is 13.9 Å². The molecule has 182 valence electrons. The van der Waals surface area contributed by atoms with E-state index in [4.69, 9.17) is 14.2 Å². The Labute approximate surface area is 207 Å². The zero-order valence-electron chi connectivity index (χ0n) is 20.5. The number of anilines is 1. The van der Waals surface area contributed by atoms with E-state index in [9.17, 15) is 9.59 Å². The van der Waals surface area contributed by atoms with Gasteiger partial charge < -0.3 is 19.5 Å². The standard InChI is InChI=1S/C26H27N3O5S/c1-15-7-9-17(10-8-15)35-23-14-20-19(28(2)26(31)29(20)3)13-18(23)27-25(30)16-11-21(32-4)24(34-6)22(12-16)33-5/h7-14H,1-6H3,(H,27,30). The van der Waals surface area contributed by atoms with Gasteiger partial charge in [0.05, 0.1) is 38.1 Å². The summed E-state index contributed by atoms with van der Waals surface area (Å²) < 4.78 is 19.3. The van der Waals surface area contributed by atoms with Crippen molar-refractivity contribution in [1.82, 2.24) is 9.13 Å². The van der Waals surface area contributed by atoms with Crippen LogP contribution in [0.4, 0.5) is 5.69 Å². The quantitative estimate of drug-likeness (QED) is 0.405. The highest BCUT2D eigenvalue weighted by Gasteiger charge is 2.20. The molecule has 3 aromatic carbocycles. The molecule has 0 aliphatic rings. The van der Waals surface area contributed by atoms with Gasteiger partial charge in [0.15, 0.2) is 11.5 Å². The van der Waals surface area contributed by atoms with Gasteiger partial charge >= 0.3 is 5.69 Å². The van der Waals surface area contributed by atoms with Crippen LogP contribution in [0.3, 0.4) is 0 Å². The molecule has 1 amide bonds. The van der Waals surface area contributed by atoms with Crippen molar-refractivity contribution in [3.63, 3.8) is 0 Å². The molecule has 0 aliphatic heterocycles. The molecule has 9 heteroatoms. The van der Waals surface area contributed by atoms with E-state index in [1.54, 1.807) is 35.4 Å². The van der Waals surface area contributed by atoms with E-state index in [0.717, 1.165) is 20.9 Å². The van der Waals surface area contributed by atoms with E-state index >= 15 is 0 Å². The Morgan fingerprint density at radius 2 is 1.43 bits per heavy atom. The van der Waals surface area contributed by atoms with Crippen molar-refractivity contribution in [2.75, 3.05) is 26.6 Å². The SMILES string of the molecule is COc1cc(C(=O)Nc2cc3c(cc2Sc2ccc(C)cc2)n(C)c(=O)n3C)cc(OC)c1OC. The lowest BCUT2D eigenvalue weighted by Gasteiger charge is -2.15. The maximum atomic E-state index is 13.3. The number of hydrogen-bond acceptors (Lipinski definition) is 6. The first kappa shape index (κ1) is 24.3. The van der Waals surface area contributed by atoms with Crippen molar-refractivity contribution >= 4 is 34.4 Å². The fourth-order valence-electron chi connectivity index (χ4n) is 3.85. The highest BCUT2D eigenvalue weighted by molar-refractivity contribution is 7.99. The molecule has 0 saturated carbocycles. The monoisotopic (exact) mass is 493 g/mol. The second kappa shape index (κ2) is 9.79. The summed E-state index contributed by atoms with van der Waals surface area (Å²) in [6, 6.07) is 15.1. The zero-order chi connectivity index (χ0) is 25.3. The molecule has 4 rings (SSSR count). The van der Waals surface area contributed by atoms with Crippen molar-refractivity contribution in [3.8, 4) is 17.2 Å². The Morgan fingerprint density at radius 3 is 1.97 bits per heavy atom. The minimum Gasteiger partial charge on any atom is -0.493 e. The third-order valence-electron chi connectivity index (χ3n) is 5.80. The molecule has 0 fully saturated rings. The average Bonchev–Trinajstić information content (AvgIpc) is 3.07. The number of nitrogens with zero attached hydrogens (tertiary/aromatic N) is 2. The van der Waals surface area contributed by atoms with Crippen LogP contribution < -0.4 is 25.2 Å². The van der Waals surface area contributed by atoms with Crippen LogP contribution in [0.5, 0.6) is 17.2 Å². The van der Waals surface area contributed by atoms with E-state index in [0.29, 0.717) is 34.0 Å². The van der Waals surface area contributed by atoms with E-state index in [1.807, 2.05) is 43.3 Å². The fourth-order valence-corrected chi connectivity index (χ4v) is 4.76. The Balaban J connectivity index is 1.80. The molecule has 0 spiro atoms. The first-order valence-electron chi connectivity index (χ1n) is 10.8. The van der Waals surface area contributed by atoms with Crippen LogP contribution in [0.2, 0.25) is 0 Å². The lowest BCUT2D eigenvalue weighted by molar-refractivity contribution is 0.102. The number of methoxy groups -OCH3 is 3. The fraction of sp³-hybridized carbons (Fsp3) is 0.231. The molecule has 35 heavy (non-hydrogen) atoms. The Hall–Kier alpha value is -3.85. The summed E-state index contributed by atoms with van der Waals surface area (Å²) in [7, 11) is 7.95. The van der Waals surface area contributed by atoms with Crippen molar-refractivity contribution in [2.24, 2.45) is 14.1 Å². The van der Waals surface area contributed by atoms with Gasteiger partial charge in [0.2, 0.25) is 5.75 Å². The molecular weight excluding hydrogens is 466 g/mol. The number of ether oxygens (including phenoxy) is 3. The van der Waals surface area contributed by atoms with Gasteiger partial charge in [-0.2, -0.15) is 0 Å². The minimum atomic E-state index is -0.352. The third-order valence-corrected chi connectivity index (χ3v) is 6.86. The van der Waals surface area contributed by atoms with Crippen molar-refractivity contribution in [1.29, 1.82) is 0 Å². The molecule has 0 bridgehead atoms. The molecule has 0 aliphatic carbocycles. The summed E-state index contributed by atoms with van der Waals surface area (Å²) in [5.74, 6) is 0.817. The average molecular weight is 494 g/mol. The van der Waals surface area contributed by atoms with E-state index in [-0.39, 0.29) is 11.6 Å². The van der Waals surface area contributed by atoms with Gasteiger partial charge in [-0.05, 0) is 43.3 Å². The lowest BCUT2D eigenvalue weighted by atomic mass is 10.1. The van der Waals surface area contributed by atoms with Crippen LogP contribution in [0.15, 0.2) is 63.1 Å². The number of carbonyl (C=O) groups is 1. The highest BCUT2D eigenvalue weighted by Crippen LogP contribution is 2.40. The summed E-state index contributed by atoms with van der Waals surface area (Å²) in [5, 5.41) is 3.01. The van der Waals surface area contributed by atoms with Gasteiger partial charge in [-0.15, -0.1) is 0 Å². The van der Waals surface area contributed by atoms with Crippen LogP contribution in [0.25, 0.3) is 11.0 Å². The van der Waals surface area contributed by atoms with E-state index in [1.165, 1.54) is 33.1 Å². The number of rotatable bonds is 7. The molecule has 1 N–H and O–H groups in total. The summed E-state index contributed by atoms with van der Waals surface area (Å²) in [4.78, 5) is 27.7. The van der Waals surface area contributed by atoms with Crippen molar-refractivity contribution in [2.45, 2.75) is 16.7 Å². The number of aromatic nitrogens is 2. The minimum absolute atomic E-state index is 0.139. The molecule has 0 atom stereocenters. The topological polar surface area (TPSA) is 83.7 Å². The summed E-state index contributed by atoms with van der Waals surface area (Å²) in [5.41, 5.74) is 3.44. The Kier molecular flexibility index (Phi) is 6.79. The Morgan fingerprint density at radius 1 is 0.857 bits per heavy atom. The number of nitrogens with one attached hydrogen (secondary N) is 1. The number of carbonyl (C=O) groups excluding carboxylic acids is 1. The maximum Gasteiger partial charge on any atom is 0.328 e. The smallest absolute Gasteiger partial charge is 0.328 e. The molecule has 0 radical (unpaired) electrons. The highest BCUT2D eigenvalue weighted by atomic mass is 32.2. The number of fused-ring (bicyclic) bond motifs is 1. The van der Waals surface area contributed by atoms with E-state index in [2.05, 4.69) is 5.32 Å². The second-order valence-electron chi connectivity index (χ2n) is 8.02. The molecule has 4 aromatic rings. The molecule has 8 nitrogen and oxygen atoms in total. The van der Waals surface area contributed by atoms with Crippen molar-refractivity contribution < 1.29 is 19.0 Å². The van der Waals surface area contributed by atoms with Crippen LogP contribution in [0.1, 0.15) is 15.9 Å². The number of aryl methyl sites for hydroxylation is 3. The predicted molar refractivity (Wildman–Crippen MR) is 138 cm³/mol. The lowest BCUT2D eigenvalue weighted by Crippen LogP contribution is -2.19. The second-order valence-corrected chi connectivity index (χ2v) is 9.14. The molecule has 0 saturated heterocycles. The van der Waals surface area contributed by atoms with Crippen LogP contribution in [-0.2, 0) is 14.1 Å². The third kappa shape index (κ3) is 4.59. The van der Waals surface area contributed by atoms with Crippen molar-refractivity contribution in [3.05, 3.63) is 70.1 Å². The number of hydrogen-bond donors (Lipinski definition) is 1. The summed E-state index contributed by atoms with van der Waals surface area (Å²) >= 11 is 1.51. The number of imidazole rings is 1. The van der Waals surface area contributed by atoms with E-state index < -0.39 is 0 Å². The summed E-state index contributed by atoms with van der Waals surface area (Å²) in [6.45, 7) is 2.03. The first-order valence-corrected chi connectivity index (χ1v) is 11.6. The Bertz CT molecular complexity index is 1450. The molecular formula is C26H27N3O5S. The molecule has 1 heterocycles. The molecule has 0 unspecified atom stereocenters. The summed E-state index contributed by atoms with van der Waals surface area (Å²) in [6.07, 6.45) is 0. The van der Waals surface area contributed by atoms with Gasteiger partial charge in [0.25, 0.3) is 5.91 Å². The van der Waals surface area contributed by atoms with Crippen LogP contribution in [0, 0.1) is 6.92 Å². The van der Waals surface area contributed by atoms with Crippen LogP contribution in [-0.4, -0.2) is 36.4 Å². The zero-order valence-corrected chi connectivity index (χ0v) is 21.3. The molecule has 1 aromatic heterocycles.